The number of hydrogen-bond acceptors (Lipinski definition) is 6. The quantitative estimate of drug-likeness (QED) is 0.443. The number of nitrogens with one attached hydrogen (secondary N) is 1. The number of carbonyl (C=O) groups excluding carboxylic acids is 1. The highest BCUT2D eigenvalue weighted by Gasteiger charge is 2.30. The zero-order valence-corrected chi connectivity index (χ0v) is 17.6. The third-order valence-corrected chi connectivity index (χ3v) is 5.86. The molecular formula is C22H18ClN3O3S. The molecule has 1 aliphatic rings. The van der Waals surface area contributed by atoms with Gasteiger partial charge in [0.25, 0.3) is 0 Å². The highest BCUT2D eigenvalue weighted by atomic mass is 35.5. The summed E-state index contributed by atoms with van der Waals surface area (Å²) >= 11 is 7.55. The number of rotatable bonds is 6. The van der Waals surface area contributed by atoms with Crippen LogP contribution in [0, 0.1) is 0 Å². The van der Waals surface area contributed by atoms with E-state index in [4.69, 9.17) is 20.8 Å². The van der Waals surface area contributed by atoms with Gasteiger partial charge < -0.3 is 14.5 Å². The zero-order chi connectivity index (χ0) is 20.9. The number of furan rings is 1. The number of methoxy groups -OCH3 is 1. The molecule has 152 valence electrons. The molecule has 1 N–H and O–H groups in total. The van der Waals surface area contributed by atoms with Crippen LogP contribution in [0.5, 0.6) is 5.75 Å². The van der Waals surface area contributed by atoms with Gasteiger partial charge in [-0.2, -0.15) is 5.10 Å². The molecule has 0 saturated carbocycles. The summed E-state index contributed by atoms with van der Waals surface area (Å²) in [4.78, 5) is 12.2. The first-order chi connectivity index (χ1) is 14.6. The third-order valence-electron chi connectivity index (χ3n) is 4.46. The highest BCUT2D eigenvalue weighted by Crippen LogP contribution is 2.29. The Morgan fingerprint density at radius 1 is 1.17 bits per heavy atom. The number of amidine groups is 1. The SMILES string of the molecule is COc1ccc(CC2S/C(=N/N=Cc3ccc(-c4ccccc4Cl)o3)NC2=O)cc1. The van der Waals surface area contributed by atoms with E-state index in [9.17, 15) is 4.79 Å². The maximum absolute atomic E-state index is 12.2. The van der Waals surface area contributed by atoms with Gasteiger partial charge in [0.1, 0.15) is 17.3 Å². The van der Waals surface area contributed by atoms with E-state index in [1.165, 1.54) is 18.0 Å². The standard InChI is InChI=1S/C22H18ClN3O3S/c1-28-15-8-6-14(7-9-15)12-20-21(27)25-22(30-20)26-24-13-16-10-11-19(29-16)17-4-2-3-5-18(17)23/h2-11,13,20H,12H2,1H3,(H,25,26,27). The van der Waals surface area contributed by atoms with Crippen LogP contribution in [-0.2, 0) is 11.2 Å². The van der Waals surface area contributed by atoms with Crippen molar-refractivity contribution >= 4 is 40.7 Å². The molecule has 1 saturated heterocycles. The minimum atomic E-state index is -0.247. The van der Waals surface area contributed by atoms with Crippen LogP contribution >= 0.6 is 23.4 Å². The molecule has 1 atom stereocenters. The van der Waals surface area contributed by atoms with Gasteiger partial charge in [-0.05, 0) is 48.4 Å². The van der Waals surface area contributed by atoms with Crippen molar-refractivity contribution in [1.29, 1.82) is 0 Å². The van der Waals surface area contributed by atoms with E-state index in [0.717, 1.165) is 16.9 Å². The van der Waals surface area contributed by atoms with E-state index in [0.29, 0.717) is 28.1 Å². The molecule has 1 amide bonds. The van der Waals surface area contributed by atoms with Crippen molar-refractivity contribution in [3.63, 3.8) is 0 Å². The highest BCUT2D eigenvalue weighted by molar-refractivity contribution is 8.15. The summed E-state index contributed by atoms with van der Waals surface area (Å²) in [6.07, 6.45) is 2.10. The van der Waals surface area contributed by atoms with Crippen LogP contribution in [0.4, 0.5) is 0 Å². The lowest BCUT2D eigenvalue weighted by atomic mass is 10.1. The molecule has 4 rings (SSSR count). The van der Waals surface area contributed by atoms with Gasteiger partial charge in [-0.1, -0.05) is 47.6 Å². The second-order valence-corrected chi connectivity index (χ2v) is 8.08. The molecule has 2 aromatic carbocycles. The fourth-order valence-electron chi connectivity index (χ4n) is 2.93. The average Bonchev–Trinajstić information content (AvgIpc) is 3.36. The lowest BCUT2D eigenvalue weighted by Gasteiger charge is -2.06. The number of nitrogens with zero attached hydrogens (tertiary/aromatic N) is 2. The molecule has 1 fully saturated rings. The van der Waals surface area contributed by atoms with Crippen LogP contribution in [0.15, 0.2) is 75.3 Å². The summed E-state index contributed by atoms with van der Waals surface area (Å²) in [7, 11) is 1.62. The fraction of sp³-hybridized carbons (Fsp3) is 0.136. The lowest BCUT2D eigenvalue weighted by Crippen LogP contribution is -2.25. The third kappa shape index (κ3) is 4.75. The van der Waals surface area contributed by atoms with Crippen LogP contribution in [-0.4, -0.2) is 29.6 Å². The van der Waals surface area contributed by atoms with Crippen molar-refractivity contribution < 1.29 is 13.9 Å². The van der Waals surface area contributed by atoms with Gasteiger partial charge in [-0.25, -0.2) is 0 Å². The van der Waals surface area contributed by atoms with Crippen molar-refractivity contribution in [3.05, 3.63) is 77.0 Å². The predicted molar refractivity (Wildman–Crippen MR) is 120 cm³/mol. The summed E-state index contributed by atoms with van der Waals surface area (Å²) in [5.74, 6) is 1.90. The van der Waals surface area contributed by atoms with Crippen LogP contribution in [0.3, 0.4) is 0 Å². The van der Waals surface area contributed by atoms with Crippen LogP contribution in [0.2, 0.25) is 5.02 Å². The van der Waals surface area contributed by atoms with E-state index in [-0.39, 0.29) is 11.2 Å². The predicted octanol–water partition coefficient (Wildman–Crippen LogP) is 4.77. The first kappa shape index (κ1) is 20.3. The van der Waals surface area contributed by atoms with Gasteiger partial charge in [0.15, 0.2) is 5.17 Å². The molecule has 1 unspecified atom stereocenters. The number of thioether (sulfide) groups is 1. The van der Waals surface area contributed by atoms with E-state index >= 15 is 0 Å². The maximum atomic E-state index is 12.2. The van der Waals surface area contributed by atoms with Crippen LogP contribution in [0.25, 0.3) is 11.3 Å². The molecule has 6 nitrogen and oxygen atoms in total. The minimum Gasteiger partial charge on any atom is -0.497 e. The zero-order valence-electron chi connectivity index (χ0n) is 16.0. The van der Waals surface area contributed by atoms with Gasteiger partial charge in [-0.3, -0.25) is 4.79 Å². The van der Waals surface area contributed by atoms with Gasteiger partial charge >= 0.3 is 0 Å². The summed E-state index contributed by atoms with van der Waals surface area (Å²) < 4.78 is 10.9. The molecule has 0 spiro atoms. The van der Waals surface area contributed by atoms with Crippen LogP contribution in [0.1, 0.15) is 11.3 Å². The maximum Gasteiger partial charge on any atom is 0.239 e. The van der Waals surface area contributed by atoms with Crippen molar-refractivity contribution in [2.45, 2.75) is 11.7 Å². The monoisotopic (exact) mass is 439 g/mol. The fourth-order valence-corrected chi connectivity index (χ4v) is 4.12. The Morgan fingerprint density at radius 2 is 1.97 bits per heavy atom. The number of carbonyl (C=O) groups is 1. The number of hydrogen-bond donors (Lipinski definition) is 1. The summed E-state index contributed by atoms with van der Waals surface area (Å²) in [5, 5.41) is 11.7. The molecule has 8 heteroatoms. The summed E-state index contributed by atoms with van der Waals surface area (Å²) in [6, 6.07) is 18.7. The van der Waals surface area contributed by atoms with E-state index in [1.807, 2.05) is 54.6 Å². The number of halogens is 1. The molecule has 0 bridgehead atoms. The topological polar surface area (TPSA) is 76.2 Å². The molecule has 0 aliphatic carbocycles. The van der Waals surface area contributed by atoms with E-state index in [2.05, 4.69) is 15.5 Å². The second-order valence-electron chi connectivity index (χ2n) is 6.48. The number of amides is 1. The normalized spacial score (nSPS) is 17.6. The Bertz CT molecular complexity index is 1110. The van der Waals surface area contributed by atoms with Crippen molar-refractivity contribution in [2.75, 3.05) is 7.11 Å². The first-order valence-corrected chi connectivity index (χ1v) is 10.4. The van der Waals surface area contributed by atoms with Crippen molar-refractivity contribution in [1.82, 2.24) is 5.32 Å². The largest absolute Gasteiger partial charge is 0.497 e. The van der Waals surface area contributed by atoms with Crippen molar-refractivity contribution in [3.8, 4) is 17.1 Å². The minimum absolute atomic E-state index is 0.0798. The summed E-state index contributed by atoms with van der Waals surface area (Å²) in [5.41, 5.74) is 1.86. The average molecular weight is 440 g/mol. The second kappa shape index (κ2) is 9.19. The Hall–Kier alpha value is -3.03. The lowest BCUT2D eigenvalue weighted by molar-refractivity contribution is -0.118. The number of benzene rings is 2. The van der Waals surface area contributed by atoms with Gasteiger partial charge in [0.05, 0.1) is 23.6 Å². The Balaban J connectivity index is 1.38. The molecule has 3 aromatic rings. The molecule has 0 radical (unpaired) electrons. The van der Waals surface area contributed by atoms with Gasteiger partial charge in [0, 0.05) is 5.56 Å². The molecule has 1 aromatic heterocycles. The Morgan fingerprint density at radius 3 is 2.73 bits per heavy atom. The van der Waals surface area contributed by atoms with Crippen molar-refractivity contribution in [2.24, 2.45) is 10.2 Å². The van der Waals surface area contributed by atoms with Gasteiger partial charge in [-0.15, -0.1) is 5.10 Å². The molecule has 30 heavy (non-hydrogen) atoms. The van der Waals surface area contributed by atoms with Crippen LogP contribution < -0.4 is 10.1 Å². The molecular weight excluding hydrogens is 422 g/mol. The summed E-state index contributed by atoms with van der Waals surface area (Å²) in [6.45, 7) is 0. The van der Waals surface area contributed by atoms with E-state index < -0.39 is 0 Å². The first-order valence-electron chi connectivity index (χ1n) is 9.18. The van der Waals surface area contributed by atoms with E-state index in [1.54, 1.807) is 13.2 Å². The van der Waals surface area contributed by atoms with Gasteiger partial charge in [0.2, 0.25) is 5.91 Å². The number of ether oxygens (including phenoxy) is 1. The Labute approximate surface area is 183 Å². The molecule has 1 aliphatic heterocycles. The smallest absolute Gasteiger partial charge is 0.239 e. The molecule has 2 heterocycles. The Kier molecular flexibility index (Phi) is 6.21.